The molecule has 0 aliphatic heterocycles. The van der Waals surface area contributed by atoms with E-state index in [9.17, 15) is 0 Å². The zero-order valence-electron chi connectivity index (χ0n) is 10.8. The summed E-state index contributed by atoms with van der Waals surface area (Å²) >= 11 is 1.54. The molecule has 5 nitrogen and oxygen atoms in total. The molecule has 2 aromatic heterocycles. The standard InChI is InChI=1S/C14H14N4OS/c1-2-5-12(6-3-1)19-9-4-8-18-11-16-13(17-18)14-15-7-10-20-14/h1-3,5-7,10-11H,4,8-9H2. The topological polar surface area (TPSA) is 52.8 Å². The molecule has 0 saturated heterocycles. The lowest BCUT2D eigenvalue weighted by atomic mass is 10.3. The number of rotatable bonds is 6. The highest BCUT2D eigenvalue weighted by Gasteiger charge is 2.06. The highest BCUT2D eigenvalue weighted by molar-refractivity contribution is 7.12. The molecule has 0 spiro atoms. The fourth-order valence-corrected chi connectivity index (χ4v) is 2.34. The maximum absolute atomic E-state index is 5.63. The van der Waals surface area contributed by atoms with E-state index in [0.29, 0.717) is 12.4 Å². The minimum absolute atomic E-state index is 0.663. The molecular formula is C14H14N4OS. The zero-order chi connectivity index (χ0) is 13.6. The Kier molecular flexibility index (Phi) is 4.03. The van der Waals surface area contributed by atoms with Gasteiger partial charge in [0.2, 0.25) is 5.82 Å². The van der Waals surface area contributed by atoms with E-state index in [1.54, 1.807) is 23.9 Å². The maximum Gasteiger partial charge on any atom is 0.210 e. The van der Waals surface area contributed by atoms with Crippen LogP contribution in [0.2, 0.25) is 0 Å². The number of aryl methyl sites for hydroxylation is 1. The Morgan fingerprint density at radius 2 is 2.05 bits per heavy atom. The van der Waals surface area contributed by atoms with Gasteiger partial charge < -0.3 is 4.74 Å². The summed E-state index contributed by atoms with van der Waals surface area (Å²) in [5.41, 5.74) is 0. The van der Waals surface area contributed by atoms with Crippen molar-refractivity contribution in [2.75, 3.05) is 6.61 Å². The van der Waals surface area contributed by atoms with Gasteiger partial charge >= 0.3 is 0 Å². The summed E-state index contributed by atoms with van der Waals surface area (Å²) in [6.07, 6.45) is 4.38. The fraction of sp³-hybridized carbons (Fsp3) is 0.214. The van der Waals surface area contributed by atoms with Crippen LogP contribution in [-0.2, 0) is 6.54 Å². The van der Waals surface area contributed by atoms with Crippen molar-refractivity contribution in [2.24, 2.45) is 0 Å². The van der Waals surface area contributed by atoms with Gasteiger partial charge in [-0.05, 0) is 12.1 Å². The van der Waals surface area contributed by atoms with Gasteiger partial charge in [-0.2, -0.15) is 0 Å². The highest BCUT2D eigenvalue weighted by atomic mass is 32.1. The molecule has 0 aliphatic rings. The number of nitrogens with zero attached hydrogens (tertiary/aromatic N) is 4. The van der Waals surface area contributed by atoms with E-state index in [1.807, 2.05) is 40.4 Å². The molecule has 1 aromatic carbocycles. The van der Waals surface area contributed by atoms with Gasteiger partial charge in [0.05, 0.1) is 6.61 Å². The molecule has 0 aliphatic carbocycles. The molecular weight excluding hydrogens is 272 g/mol. The van der Waals surface area contributed by atoms with Crippen molar-refractivity contribution in [3.8, 4) is 16.6 Å². The van der Waals surface area contributed by atoms with Crippen LogP contribution in [0.25, 0.3) is 10.8 Å². The first kappa shape index (κ1) is 12.8. The number of hydrogen-bond donors (Lipinski definition) is 0. The number of thiazole rings is 1. The molecule has 102 valence electrons. The molecule has 20 heavy (non-hydrogen) atoms. The predicted molar refractivity (Wildman–Crippen MR) is 77.7 cm³/mol. The zero-order valence-corrected chi connectivity index (χ0v) is 11.7. The van der Waals surface area contributed by atoms with Gasteiger partial charge in [-0.1, -0.05) is 18.2 Å². The van der Waals surface area contributed by atoms with Gasteiger partial charge in [-0.3, -0.25) is 4.68 Å². The summed E-state index contributed by atoms with van der Waals surface area (Å²) in [5.74, 6) is 1.58. The molecule has 0 radical (unpaired) electrons. The van der Waals surface area contributed by atoms with Gasteiger partial charge in [-0.25, -0.2) is 9.97 Å². The van der Waals surface area contributed by atoms with Crippen molar-refractivity contribution >= 4 is 11.3 Å². The van der Waals surface area contributed by atoms with Crippen LogP contribution >= 0.6 is 11.3 Å². The molecule has 0 N–H and O–H groups in total. The van der Waals surface area contributed by atoms with E-state index in [2.05, 4.69) is 15.1 Å². The first-order valence-corrected chi connectivity index (χ1v) is 7.27. The van der Waals surface area contributed by atoms with E-state index in [4.69, 9.17) is 4.74 Å². The first-order valence-electron chi connectivity index (χ1n) is 6.39. The van der Waals surface area contributed by atoms with Crippen LogP contribution in [0, 0.1) is 0 Å². The number of benzene rings is 1. The summed E-state index contributed by atoms with van der Waals surface area (Å²) in [7, 11) is 0. The highest BCUT2D eigenvalue weighted by Crippen LogP contribution is 2.16. The van der Waals surface area contributed by atoms with Gasteiger partial charge in [-0.15, -0.1) is 16.4 Å². The Labute approximate surface area is 120 Å². The second kappa shape index (κ2) is 6.29. The molecule has 2 heterocycles. The van der Waals surface area contributed by atoms with E-state index in [-0.39, 0.29) is 0 Å². The van der Waals surface area contributed by atoms with Crippen molar-refractivity contribution in [3.63, 3.8) is 0 Å². The van der Waals surface area contributed by atoms with Gasteiger partial charge in [0.15, 0.2) is 5.01 Å². The van der Waals surface area contributed by atoms with Crippen LogP contribution in [0.1, 0.15) is 6.42 Å². The number of aromatic nitrogens is 4. The smallest absolute Gasteiger partial charge is 0.210 e. The molecule has 0 atom stereocenters. The predicted octanol–water partition coefficient (Wildman–Crippen LogP) is 2.87. The van der Waals surface area contributed by atoms with Crippen LogP contribution in [0.4, 0.5) is 0 Å². The lowest BCUT2D eigenvalue weighted by Crippen LogP contribution is -2.05. The molecule has 0 unspecified atom stereocenters. The molecule has 0 bridgehead atoms. The summed E-state index contributed by atoms with van der Waals surface area (Å²) in [4.78, 5) is 8.45. The van der Waals surface area contributed by atoms with E-state index in [1.165, 1.54) is 0 Å². The number of hydrogen-bond acceptors (Lipinski definition) is 5. The van der Waals surface area contributed by atoms with E-state index in [0.717, 1.165) is 23.7 Å². The van der Waals surface area contributed by atoms with Crippen LogP contribution < -0.4 is 4.74 Å². The van der Waals surface area contributed by atoms with Gasteiger partial charge in [0, 0.05) is 24.5 Å². The minimum Gasteiger partial charge on any atom is -0.494 e. The van der Waals surface area contributed by atoms with Gasteiger partial charge in [0.25, 0.3) is 0 Å². The molecule has 0 amide bonds. The molecule has 3 rings (SSSR count). The molecule has 6 heteroatoms. The summed E-state index contributed by atoms with van der Waals surface area (Å²) in [6.45, 7) is 1.45. The molecule has 0 fully saturated rings. The number of ether oxygens (including phenoxy) is 1. The van der Waals surface area contributed by atoms with Crippen LogP contribution in [0.3, 0.4) is 0 Å². The summed E-state index contributed by atoms with van der Waals surface area (Å²) in [6, 6.07) is 9.81. The molecule has 3 aromatic rings. The SMILES string of the molecule is c1ccc(OCCCn2cnc(-c3nccs3)n2)cc1. The van der Waals surface area contributed by atoms with Crippen molar-refractivity contribution in [3.05, 3.63) is 48.2 Å². The lowest BCUT2D eigenvalue weighted by molar-refractivity contribution is 0.298. The number of para-hydroxylation sites is 1. The first-order chi connectivity index (χ1) is 9.92. The van der Waals surface area contributed by atoms with E-state index < -0.39 is 0 Å². The molecule has 0 saturated carbocycles. The van der Waals surface area contributed by atoms with Crippen LogP contribution in [0.15, 0.2) is 48.2 Å². The lowest BCUT2D eigenvalue weighted by Gasteiger charge is -2.05. The second-order valence-corrected chi connectivity index (χ2v) is 5.08. The van der Waals surface area contributed by atoms with Crippen molar-refractivity contribution < 1.29 is 4.74 Å². The Morgan fingerprint density at radius 1 is 1.15 bits per heavy atom. The normalized spacial score (nSPS) is 10.6. The quantitative estimate of drug-likeness (QED) is 0.654. The Hall–Kier alpha value is -2.21. The van der Waals surface area contributed by atoms with E-state index >= 15 is 0 Å². The Balaban J connectivity index is 1.47. The summed E-state index contributed by atoms with van der Waals surface area (Å²) < 4.78 is 7.46. The monoisotopic (exact) mass is 286 g/mol. The fourth-order valence-electron chi connectivity index (χ4n) is 1.77. The average Bonchev–Trinajstić information content (AvgIpc) is 3.15. The summed E-state index contributed by atoms with van der Waals surface area (Å²) in [5, 5.41) is 7.17. The Morgan fingerprint density at radius 3 is 2.85 bits per heavy atom. The average molecular weight is 286 g/mol. The van der Waals surface area contributed by atoms with Crippen LogP contribution in [0.5, 0.6) is 5.75 Å². The second-order valence-electron chi connectivity index (χ2n) is 4.18. The Bertz CT molecular complexity index is 636. The van der Waals surface area contributed by atoms with Gasteiger partial charge in [0.1, 0.15) is 12.1 Å². The van der Waals surface area contributed by atoms with Crippen molar-refractivity contribution in [1.29, 1.82) is 0 Å². The third-order valence-corrected chi connectivity index (χ3v) is 3.47. The maximum atomic E-state index is 5.63. The third-order valence-electron chi connectivity index (χ3n) is 2.70. The van der Waals surface area contributed by atoms with Crippen molar-refractivity contribution in [1.82, 2.24) is 19.7 Å². The minimum atomic E-state index is 0.663. The van der Waals surface area contributed by atoms with Crippen molar-refractivity contribution in [2.45, 2.75) is 13.0 Å². The largest absolute Gasteiger partial charge is 0.494 e. The van der Waals surface area contributed by atoms with Crippen LogP contribution in [-0.4, -0.2) is 26.4 Å². The third kappa shape index (κ3) is 3.21.